The summed E-state index contributed by atoms with van der Waals surface area (Å²) in [5, 5.41) is 15.3. The van der Waals surface area contributed by atoms with E-state index in [0.717, 1.165) is 24.8 Å². The van der Waals surface area contributed by atoms with Crippen molar-refractivity contribution >= 4 is 23.5 Å². The van der Waals surface area contributed by atoms with E-state index in [1.807, 2.05) is 13.0 Å². The maximum absolute atomic E-state index is 12.8. The van der Waals surface area contributed by atoms with E-state index in [9.17, 15) is 19.5 Å². The lowest BCUT2D eigenvalue weighted by atomic mass is 9.94. The van der Waals surface area contributed by atoms with E-state index in [0.29, 0.717) is 29.7 Å². The zero-order valence-electron chi connectivity index (χ0n) is 16.5. The van der Waals surface area contributed by atoms with E-state index >= 15 is 0 Å². The van der Waals surface area contributed by atoms with Gasteiger partial charge in [-0.15, -0.1) is 0 Å². The lowest BCUT2D eigenvalue weighted by molar-refractivity contribution is -0.142. The number of hydrogen-bond donors (Lipinski definition) is 3. The largest absolute Gasteiger partial charge is 0.481 e. The Labute approximate surface area is 170 Å². The Morgan fingerprint density at radius 2 is 1.62 bits per heavy atom. The zero-order valence-corrected chi connectivity index (χ0v) is 16.5. The highest BCUT2D eigenvalue weighted by Gasteiger charge is 2.30. The number of carbonyl (C=O) groups is 3. The van der Waals surface area contributed by atoms with Gasteiger partial charge in [0.05, 0.1) is 5.92 Å². The molecule has 2 atom stereocenters. The van der Waals surface area contributed by atoms with Crippen LogP contribution in [-0.2, 0) is 4.79 Å². The highest BCUT2D eigenvalue weighted by molar-refractivity contribution is 6.05. The minimum absolute atomic E-state index is 0.249. The Bertz CT molecular complexity index is 895. The molecule has 1 aliphatic carbocycles. The Morgan fingerprint density at radius 3 is 2.34 bits per heavy atom. The first-order valence-electron chi connectivity index (χ1n) is 9.96. The number of amides is 2. The minimum atomic E-state index is -0.864. The molecule has 3 rings (SSSR count). The molecule has 0 spiro atoms. The number of aryl methyl sites for hydroxylation is 1. The number of aliphatic carboxylic acids is 1. The zero-order chi connectivity index (χ0) is 20.8. The molecule has 0 aliphatic heterocycles. The van der Waals surface area contributed by atoms with Crippen LogP contribution >= 0.6 is 0 Å². The summed E-state index contributed by atoms with van der Waals surface area (Å²) in [6, 6.07) is 13.6. The molecular formula is C23H26N2O4. The summed E-state index contributed by atoms with van der Waals surface area (Å²) in [5.74, 6) is -2.00. The summed E-state index contributed by atoms with van der Waals surface area (Å²) < 4.78 is 0. The molecule has 0 heterocycles. The average Bonchev–Trinajstić information content (AvgIpc) is 2.95. The van der Waals surface area contributed by atoms with Crippen molar-refractivity contribution in [3.8, 4) is 0 Å². The molecular weight excluding hydrogens is 368 g/mol. The third-order valence-corrected chi connectivity index (χ3v) is 5.43. The normalized spacial score (nSPS) is 19.1. The second-order valence-corrected chi connectivity index (χ2v) is 7.51. The first-order chi connectivity index (χ1) is 14.0. The number of rotatable bonds is 5. The van der Waals surface area contributed by atoms with Crippen molar-refractivity contribution in [1.82, 2.24) is 5.32 Å². The second-order valence-electron chi connectivity index (χ2n) is 7.51. The molecule has 6 nitrogen and oxygen atoms in total. The maximum Gasteiger partial charge on any atom is 0.308 e. The van der Waals surface area contributed by atoms with Crippen molar-refractivity contribution in [2.24, 2.45) is 5.92 Å². The minimum Gasteiger partial charge on any atom is -0.481 e. The monoisotopic (exact) mass is 394 g/mol. The van der Waals surface area contributed by atoms with Gasteiger partial charge in [0.25, 0.3) is 11.8 Å². The highest BCUT2D eigenvalue weighted by Crippen LogP contribution is 2.25. The lowest BCUT2D eigenvalue weighted by Crippen LogP contribution is -2.42. The average molecular weight is 394 g/mol. The van der Waals surface area contributed by atoms with Gasteiger partial charge in [0.1, 0.15) is 0 Å². The highest BCUT2D eigenvalue weighted by atomic mass is 16.4. The van der Waals surface area contributed by atoms with Crippen molar-refractivity contribution < 1.29 is 19.5 Å². The predicted octanol–water partition coefficient (Wildman–Crippen LogP) is 4.01. The van der Waals surface area contributed by atoms with Gasteiger partial charge in [-0.25, -0.2) is 0 Å². The lowest BCUT2D eigenvalue weighted by Gasteiger charge is -2.23. The SMILES string of the molecule is Cc1ccc(C(=O)N[C@H]2CCCCC[C@H]2C(=O)O)cc1NC(=O)c1ccccc1. The van der Waals surface area contributed by atoms with Crippen LogP contribution in [0.1, 0.15) is 58.4 Å². The smallest absolute Gasteiger partial charge is 0.308 e. The van der Waals surface area contributed by atoms with Crippen LogP contribution in [0, 0.1) is 12.8 Å². The van der Waals surface area contributed by atoms with Gasteiger partial charge in [-0.2, -0.15) is 0 Å². The molecule has 6 heteroatoms. The van der Waals surface area contributed by atoms with Crippen molar-refractivity contribution in [1.29, 1.82) is 0 Å². The van der Waals surface area contributed by atoms with Crippen LogP contribution in [0.25, 0.3) is 0 Å². The number of benzene rings is 2. The van der Waals surface area contributed by atoms with E-state index in [2.05, 4.69) is 10.6 Å². The molecule has 0 saturated heterocycles. The second kappa shape index (κ2) is 9.37. The van der Waals surface area contributed by atoms with Gasteiger partial charge in [0.15, 0.2) is 0 Å². The molecule has 1 aliphatic rings. The van der Waals surface area contributed by atoms with E-state index in [4.69, 9.17) is 0 Å². The fourth-order valence-electron chi connectivity index (χ4n) is 3.71. The van der Waals surface area contributed by atoms with E-state index in [1.165, 1.54) is 0 Å². The van der Waals surface area contributed by atoms with Crippen molar-refractivity contribution in [2.45, 2.75) is 45.1 Å². The predicted molar refractivity (Wildman–Crippen MR) is 111 cm³/mol. The number of carboxylic acids is 1. The van der Waals surface area contributed by atoms with Crippen LogP contribution in [0.5, 0.6) is 0 Å². The Kier molecular flexibility index (Phi) is 6.65. The maximum atomic E-state index is 12.8. The van der Waals surface area contributed by atoms with Crippen molar-refractivity contribution in [3.05, 3.63) is 65.2 Å². The number of hydrogen-bond acceptors (Lipinski definition) is 3. The van der Waals surface area contributed by atoms with Crippen LogP contribution < -0.4 is 10.6 Å². The van der Waals surface area contributed by atoms with Gasteiger partial charge in [0, 0.05) is 22.9 Å². The van der Waals surface area contributed by atoms with Crippen LogP contribution in [0.2, 0.25) is 0 Å². The molecule has 2 amide bonds. The first-order valence-corrected chi connectivity index (χ1v) is 9.96. The molecule has 2 aromatic rings. The Hall–Kier alpha value is -3.15. The summed E-state index contributed by atoms with van der Waals surface area (Å²) in [6.45, 7) is 1.86. The Morgan fingerprint density at radius 1 is 0.897 bits per heavy atom. The van der Waals surface area contributed by atoms with Crippen LogP contribution in [0.15, 0.2) is 48.5 Å². The van der Waals surface area contributed by atoms with Crippen LogP contribution in [0.3, 0.4) is 0 Å². The summed E-state index contributed by atoms with van der Waals surface area (Å²) in [7, 11) is 0. The quantitative estimate of drug-likeness (QED) is 0.668. The molecule has 1 saturated carbocycles. The van der Waals surface area contributed by atoms with Gasteiger partial charge in [-0.05, 0) is 49.6 Å². The fraction of sp³-hybridized carbons (Fsp3) is 0.348. The summed E-state index contributed by atoms with van der Waals surface area (Å²) in [6.07, 6.45) is 3.99. The summed E-state index contributed by atoms with van der Waals surface area (Å²) in [5.41, 5.74) is 2.32. The van der Waals surface area contributed by atoms with Gasteiger partial charge in [-0.3, -0.25) is 14.4 Å². The van der Waals surface area contributed by atoms with E-state index < -0.39 is 11.9 Å². The van der Waals surface area contributed by atoms with Crippen LogP contribution in [-0.4, -0.2) is 28.9 Å². The van der Waals surface area contributed by atoms with E-state index in [1.54, 1.807) is 42.5 Å². The number of nitrogens with one attached hydrogen (secondary N) is 2. The Balaban J connectivity index is 1.75. The standard InChI is InChI=1S/C23H26N2O4/c1-15-12-13-17(14-20(15)25-21(26)16-8-4-2-5-9-16)22(27)24-19-11-7-3-6-10-18(19)23(28)29/h2,4-5,8-9,12-14,18-19H,3,6-7,10-11H2,1H3,(H,24,27)(H,25,26)(H,28,29)/t18-,19+/m1/s1. The molecule has 0 unspecified atom stereocenters. The van der Waals surface area contributed by atoms with Gasteiger partial charge >= 0.3 is 5.97 Å². The number of carbonyl (C=O) groups excluding carboxylic acids is 2. The first kappa shape index (κ1) is 20.6. The fourth-order valence-corrected chi connectivity index (χ4v) is 3.71. The summed E-state index contributed by atoms with van der Waals surface area (Å²) in [4.78, 5) is 36.8. The number of carboxylic acid groups (broad SMARTS) is 1. The van der Waals surface area contributed by atoms with Gasteiger partial charge < -0.3 is 15.7 Å². The molecule has 2 aromatic carbocycles. The molecule has 0 radical (unpaired) electrons. The van der Waals surface area contributed by atoms with Gasteiger partial charge in [-0.1, -0.05) is 43.5 Å². The topological polar surface area (TPSA) is 95.5 Å². The third-order valence-electron chi connectivity index (χ3n) is 5.43. The van der Waals surface area contributed by atoms with Gasteiger partial charge in [0.2, 0.25) is 0 Å². The van der Waals surface area contributed by atoms with Crippen molar-refractivity contribution in [3.63, 3.8) is 0 Å². The molecule has 1 fully saturated rings. The molecule has 0 bridgehead atoms. The molecule has 0 aromatic heterocycles. The van der Waals surface area contributed by atoms with Crippen LogP contribution in [0.4, 0.5) is 5.69 Å². The summed E-state index contributed by atoms with van der Waals surface area (Å²) >= 11 is 0. The number of anilines is 1. The molecule has 3 N–H and O–H groups in total. The molecule has 152 valence electrons. The third kappa shape index (κ3) is 5.22. The molecule has 29 heavy (non-hydrogen) atoms. The van der Waals surface area contributed by atoms with Crippen molar-refractivity contribution in [2.75, 3.05) is 5.32 Å². The van der Waals surface area contributed by atoms with E-state index in [-0.39, 0.29) is 17.9 Å².